The lowest BCUT2D eigenvalue weighted by atomic mass is 10.1. The minimum absolute atomic E-state index is 0.186. The van der Waals surface area contributed by atoms with Crippen LogP contribution in [0.25, 0.3) is 0 Å². The summed E-state index contributed by atoms with van der Waals surface area (Å²) < 4.78 is 5.28. The van der Waals surface area contributed by atoms with Crippen molar-refractivity contribution in [2.45, 2.75) is 18.9 Å². The molecular weight excluding hydrogens is 240 g/mol. The fraction of sp³-hybridized carbons (Fsp3) is 0.467. The number of benzene rings is 1. The number of carbonyl (C=O) groups excluding carboxylic acids is 1. The summed E-state index contributed by atoms with van der Waals surface area (Å²) in [5.41, 5.74) is 0.777. The maximum atomic E-state index is 11.9. The molecule has 0 radical (unpaired) electrons. The van der Waals surface area contributed by atoms with E-state index in [1.807, 2.05) is 30.3 Å². The highest BCUT2D eigenvalue weighted by molar-refractivity contribution is 5.95. The quantitative estimate of drug-likeness (QED) is 0.757. The largest absolute Gasteiger partial charge is 0.361 e. The molecule has 0 N–H and O–H groups in total. The average Bonchev–Trinajstić information content (AvgIpc) is 2.48. The van der Waals surface area contributed by atoms with E-state index in [0.717, 1.165) is 25.1 Å². The van der Waals surface area contributed by atoms with Crippen LogP contribution in [0.4, 0.5) is 0 Å². The third-order valence-corrected chi connectivity index (χ3v) is 3.27. The van der Waals surface area contributed by atoms with Crippen molar-refractivity contribution >= 4 is 5.78 Å². The molecule has 0 aliphatic carbocycles. The first-order valence-electron chi connectivity index (χ1n) is 6.61. The van der Waals surface area contributed by atoms with Crippen LogP contribution in [0, 0.1) is 11.3 Å². The number of carbonyl (C=O) groups is 1. The minimum Gasteiger partial charge on any atom is -0.361 e. The summed E-state index contributed by atoms with van der Waals surface area (Å²) in [6.07, 6.45) is 1.06. The molecule has 1 aliphatic rings. The van der Waals surface area contributed by atoms with E-state index in [0.29, 0.717) is 19.6 Å². The lowest BCUT2D eigenvalue weighted by Crippen LogP contribution is -2.42. The Labute approximate surface area is 113 Å². The summed E-state index contributed by atoms with van der Waals surface area (Å²) in [5.74, 6) is 0.186. The van der Waals surface area contributed by atoms with Gasteiger partial charge in [-0.1, -0.05) is 30.3 Å². The van der Waals surface area contributed by atoms with Crippen LogP contribution in [0.5, 0.6) is 0 Å². The normalized spacial score (nSPS) is 19.8. The molecule has 0 amide bonds. The Hall–Kier alpha value is -1.70. The zero-order chi connectivity index (χ0) is 13.5. The van der Waals surface area contributed by atoms with E-state index in [2.05, 4.69) is 11.0 Å². The molecule has 1 aliphatic heterocycles. The maximum Gasteiger partial charge on any atom is 0.162 e. The van der Waals surface area contributed by atoms with E-state index in [1.165, 1.54) is 0 Å². The van der Waals surface area contributed by atoms with Crippen molar-refractivity contribution in [3.8, 4) is 6.07 Å². The Morgan fingerprint density at radius 2 is 2.21 bits per heavy atom. The fourth-order valence-electron chi connectivity index (χ4n) is 2.22. The van der Waals surface area contributed by atoms with Crippen LogP contribution in [-0.2, 0) is 4.74 Å². The molecule has 4 heteroatoms. The zero-order valence-electron chi connectivity index (χ0n) is 10.9. The number of ether oxygens (including phenoxy) is 1. The SMILES string of the molecule is N#CC1CN(CCCC(=O)c2ccccc2)CCO1. The minimum atomic E-state index is -0.321. The van der Waals surface area contributed by atoms with Gasteiger partial charge in [-0.3, -0.25) is 9.69 Å². The molecule has 0 spiro atoms. The number of morpholine rings is 1. The Balaban J connectivity index is 1.72. The molecular formula is C15H18N2O2. The van der Waals surface area contributed by atoms with Crippen molar-refractivity contribution in [2.24, 2.45) is 0 Å². The van der Waals surface area contributed by atoms with Crippen molar-refractivity contribution < 1.29 is 9.53 Å². The van der Waals surface area contributed by atoms with Gasteiger partial charge in [0.2, 0.25) is 0 Å². The van der Waals surface area contributed by atoms with Crippen LogP contribution < -0.4 is 0 Å². The molecule has 1 aromatic rings. The van der Waals surface area contributed by atoms with Crippen LogP contribution in [0.3, 0.4) is 0 Å². The van der Waals surface area contributed by atoms with Gasteiger partial charge in [0.25, 0.3) is 0 Å². The number of rotatable bonds is 5. The molecule has 1 heterocycles. The van der Waals surface area contributed by atoms with Crippen LogP contribution >= 0.6 is 0 Å². The summed E-state index contributed by atoms with van der Waals surface area (Å²) in [6.45, 7) is 2.94. The molecule has 1 atom stereocenters. The van der Waals surface area contributed by atoms with Gasteiger partial charge in [-0.15, -0.1) is 0 Å². The predicted molar refractivity (Wildman–Crippen MR) is 71.8 cm³/mol. The molecule has 100 valence electrons. The zero-order valence-corrected chi connectivity index (χ0v) is 10.9. The highest BCUT2D eigenvalue weighted by Crippen LogP contribution is 2.08. The van der Waals surface area contributed by atoms with Crippen molar-refractivity contribution in [2.75, 3.05) is 26.2 Å². The first-order chi connectivity index (χ1) is 9.29. The van der Waals surface area contributed by atoms with Crippen LogP contribution in [0.15, 0.2) is 30.3 Å². The molecule has 1 unspecified atom stereocenters. The maximum absolute atomic E-state index is 11.9. The summed E-state index contributed by atoms with van der Waals surface area (Å²) in [6, 6.07) is 11.5. The van der Waals surface area contributed by atoms with Crippen molar-refractivity contribution in [3.63, 3.8) is 0 Å². The number of Topliss-reactive ketones (excluding diaryl/α,β-unsaturated/α-hetero) is 1. The summed E-state index contributed by atoms with van der Waals surface area (Å²) in [4.78, 5) is 14.1. The molecule has 1 aromatic carbocycles. The molecule has 0 aromatic heterocycles. The molecule has 2 rings (SSSR count). The van der Waals surface area contributed by atoms with Crippen LogP contribution in [-0.4, -0.2) is 43.0 Å². The topological polar surface area (TPSA) is 53.3 Å². The van der Waals surface area contributed by atoms with Gasteiger partial charge in [0.05, 0.1) is 12.7 Å². The smallest absolute Gasteiger partial charge is 0.162 e. The van der Waals surface area contributed by atoms with Crippen molar-refractivity contribution in [1.29, 1.82) is 5.26 Å². The van der Waals surface area contributed by atoms with Gasteiger partial charge in [0.15, 0.2) is 11.9 Å². The first kappa shape index (κ1) is 13.7. The summed E-state index contributed by atoms with van der Waals surface area (Å²) >= 11 is 0. The second kappa shape index (κ2) is 7.03. The van der Waals surface area contributed by atoms with Gasteiger partial charge in [-0.2, -0.15) is 5.26 Å². The third kappa shape index (κ3) is 4.16. The van der Waals surface area contributed by atoms with Gasteiger partial charge in [-0.25, -0.2) is 0 Å². The number of ketones is 1. The number of nitriles is 1. The Kier molecular flexibility index (Phi) is 5.08. The van der Waals surface area contributed by atoms with Gasteiger partial charge >= 0.3 is 0 Å². The van der Waals surface area contributed by atoms with E-state index in [4.69, 9.17) is 10.00 Å². The fourth-order valence-corrected chi connectivity index (χ4v) is 2.22. The second-order valence-electron chi connectivity index (χ2n) is 4.68. The van der Waals surface area contributed by atoms with Crippen LogP contribution in [0.1, 0.15) is 23.2 Å². The van der Waals surface area contributed by atoms with E-state index >= 15 is 0 Å². The Morgan fingerprint density at radius 3 is 2.95 bits per heavy atom. The number of nitrogens with zero attached hydrogens (tertiary/aromatic N) is 2. The first-order valence-corrected chi connectivity index (χ1v) is 6.61. The molecule has 1 saturated heterocycles. The van der Waals surface area contributed by atoms with E-state index in [1.54, 1.807) is 0 Å². The molecule has 4 nitrogen and oxygen atoms in total. The average molecular weight is 258 g/mol. The highest BCUT2D eigenvalue weighted by atomic mass is 16.5. The van der Waals surface area contributed by atoms with Gasteiger partial charge in [0.1, 0.15) is 0 Å². The summed E-state index contributed by atoms with van der Waals surface area (Å²) in [7, 11) is 0. The number of hydrogen-bond donors (Lipinski definition) is 0. The lowest BCUT2D eigenvalue weighted by molar-refractivity contribution is 0.000206. The standard InChI is InChI=1S/C15H18N2O2/c16-11-14-12-17(9-10-19-14)8-4-7-15(18)13-5-2-1-3-6-13/h1-3,5-6,14H,4,7-10,12H2. The third-order valence-electron chi connectivity index (χ3n) is 3.27. The van der Waals surface area contributed by atoms with E-state index in [-0.39, 0.29) is 11.9 Å². The predicted octanol–water partition coefficient (Wildman–Crippen LogP) is 1.87. The molecule has 0 saturated carbocycles. The molecule has 1 fully saturated rings. The van der Waals surface area contributed by atoms with Crippen molar-refractivity contribution in [3.05, 3.63) is 35.9 Å². The molecule has 19 heavy (non-hydrogen) atoms. The summed E-state index contributed by atoms with van der Waals surface area (Å²) in [5, 5.41) is 8.82. The van der Waals surface area contributed by atoms with Gasteiger partial charge in [0, 0.05) is 25.1 Å². The number of hydrogen-bond acceptors (Lipinski definition) is 4. The Morgan fingerprint density at radius 1 is 1.42 bits per heavy atom. The van der Waals surface area contributed by atoms with E-state index < -0.39 is 0 Å². The highest BCUT2D eigenvalue weighted by Gasteiger charge is 2.19. The van der Waals surface area contributed by atoms with Gasteiger partial charge < -0.3 is 4.74 Å². The van der Waals surface area contributed by atoms with Crippen LogP contribution in [0.2, 0.25) is 0 Å². The second-order valence-corrected chi connectivity index (χ2v) is 4.68. The lowest BCUT2D eigenvalue weighted by Gasteiger charge is -2.29. The van der Waals surface area contributed by atoms with Crippen molar-refractivity contribution in [1.82, 2.24) is 4.90 Å². The van der Waals surface area contributed by atoms with Gasteiger partial charge in [-0.05, 0) is 13.0 Å². The Bertz CT molecular complexity index is 453. The van der Waals surface area contributed by atoms with E-state index in [9.17, 15) is 4.79 Å². The molecule has 0 bridgehead atoms. The monoisotopic (exact) mass is 258 g/mol.